The van der Waals surface area contributed by atoms with E-state index in [0.717, 1.165) is 24.0 Å². The third-order valence-electron chi connectivity index (χ3n) is 3.26. The van der Waals surface area contributed by atoms with Crippen LogP contribution in [0.4, 0.5) is 0 Å². The lowest BCUT2D eigenvalue weighted by molar-refractivity contribution is 0.267. The second-order valence-corrected chi connectivity index (χ2v) is 5.79. The van der Waals surface area contributed by atoms with Gasteiger partial charge in [0, 0.05) is 23.6 Å². The van der Waals surface area contributed by atoms with E-state index in [-0.39, 0.29) is 6.04 Å². The Kier molecular flexibility index (Phi) is 6.17. The molecule has 1 aromatic rings. The molecule has 1 aromatic carbocycles. The van der Waals surface area contributed by atoms with Gasteiger partial charge in [0.2, 0.25) is 0 Å². The summed E-state index contributed by atoms with van der Waals surface area (Å²) in [6.45, 7) is 6.32. The molecule has 2 N–H and O–H groups in total. The molecule has 0 aliphatic rings. The van der Waals surface area contributed by atoms with Crippen molar-refractivity contribution in [1.82, 2.24) is 4.90 Å². The third kappa shape index (κ3) is 5.19. The van der Waals surface area contributed by atoms with E-state index in [0.29, 0.717) is 5.92 Å². The van der Waals surface area contributed by atoms with Crippen molar-refractivity contribution in [3.05, 3.63) is 34.3 Å². The first kappa shape index (κ1) is 14.7. The quantitative estimate of drug-likeness (QED) is 0.873. The molecule has 3 heteroatoms. The molecule has 0 fully saturated rings. The fraction of sp³-hybridized carbons (Fsp3) is 0.571. The fourth-order valence-corrected chi connectivity index (χ4v) is 2.07. The van der Waals surface area contributed by atoms with E-state index in [2.05, 4.69) is 66.0 Å². The van der Waals surface area contributed by atoms with E-state index in [9.17, 15) is 0 Å². The summed E-state index contributed by atoms with van der Waals surface area (Å²) >= 11 is 3.45. The maximum absolute atomic E-state index is 6.16. The highest BCUT2D eigenvalue weighted by Gasteiger charge is 2.13. The number of nitrogens with two attached hydrogens (primary N) is 1. The van der Waals surface area contributed by atoms with Gasteiger partial charge in [0.25, 0.3) is 0 Å². The fourth-order valence-electron chi connectivity index (χ4n) is 1.81. The maximum Gasteiger partial charge on any atom is 0.0231 e. The van der Waals surface area contributed by atoms with Crippen molar-refractivity contribution >= 4 is 15.9 Å². The van der Waals surface area contributed by atoms with E-state index in [1.165, 1.54) is 5.56 Å². The number of nitrogens with zero attached hydrogens (tertiary/aromatic N) is 1. The van der Waals surface area contributed by atoms with Gasteiger partial charge in [-0.2, -0.15) is 0 Å². The van der Waals surface area contributed by atoms with Crippen LogP contribution in [0, 0.1) is 5.92 Å². The summed E-state index contributed by atoms with van der Waals surface area (Å²) in [5, 5.41) is 0. The Balaban J connectivity index is 2.44. The van der Waals surface area contributed by atoms with E-state index in [1.54, 1.807) is 0 Å². The molecule has 1 rings (SSSR count). The smallest absolute Gasteiger partial charge is 0.0231 e. The molecule has 0 saturated carbocycles. The monoisotopic (exact) mass is 298 g/mol. The number of hydrogen-bond donors (Lipinski definition) is 1. The number of hydrogen-bond acceptors (Lipinski definition) is 2. The van der Waals surface area contributed by atoms with Crippen molar-refractivity contribution in [3.63, 3.8) is 0 Å². The number of benzene rings is 1. The molecule has 2 unspecified atom stereocenters. The topological polar surface area (TPSA) is 29.3 Å². The molecule has 0 heterocycles. The van der Waals surface area contributed by atoms with Crippen LogP contribution in [0.3, 0.4) is 0 Å². The minimum atomic E-state index is 0.264. The third-order valence-corrected chi connectivity index (χ3v) is 3.79. The molecule has 0 spiro atoms. The molecular formula is C14H23BrN2. The van der Waals surface area contributed by atoms with Crippen molar-refractivity contribution in [3.8, 4) is 0 Å². The van der Waals surface area contributed by atoms with Gasteiger partial charge in [0.05, 0.1) is 0 Å². The standard InChI is InChI=1S/C14H23BrN2/c1-4-11(2)14(16)10-17(3)9-12-5-7-13(15)8-6-12/h5-8,11,14H,4,9-10,16H2,1-3H3. The van der Waals surface area contributed by atoms with E-state index in [1.807, 2.05) is 0 Å². The molecule has 0 aliphatic carbocycles. The average molecular weight is 299 g/mol. The van der Waals surface area contributed by atoms with Crippen LogP contribution in [0.15, 0.2) is 28.7 Å². The van der Waals surface area contributed by atoms with Crippen LogP contribution in [-0.4, -0.2) is 24.5 Å². The summed E-state index contributed by atoms with van der Waals surface area (Å²) in [7, 11) is 2.13. The zero-order chi connectivity index (χ0) is 12.8. The van der Waals surface area contributed by atoms with Crippen molar-refractivity contribution in [2.45, 2.75) is 32.9 Å². The van der Waals surface area contributed by atoms with Crippen LogP contribution in [0.2, 0.25) is 0 Å². The van der Waals surface area contributed by atoms with Crippen LogP contribution in [-0.2, 0) is 6.54 Å². The SMILES string of the molecule is CCC(C)C(N)CN(C)Cc1ccc(Br)cc1. The summed E-state index contributed by atoms with van der Waals surface area (Å²) in [5.74, 6) is 0.586. The van der Waals surface area contributed by atoms with Crippen molar-refractivity contribution < 1.29 is 0 Å². The minimum absolute atomic E-state index is 0.264. The van der Waals surface area contributed by atoms with Crippen LogP contribution in [0.25, 0.3) is 0 Å². The zero-order valence-electron chi connectivity index (χ0n) is 11.0. The first-order chi connectivity index (χ1) is 8.02. The molecule has 17 heavy (non-hydrogen) atoms. The summed E-state index contributed by atoms with van der Waals surface area (Å²) in [5.41, 5.74) is 7.48. The lowest BCUT2D eigenvalue weighted by Crippen LogP contribution is -2.39. The summed E-state index contributed by atoms with van der Waals surface area (Å²) in [6.07, 6.45) is 1.15. The lowest BCUT2D eigenvalue weighted by atomic mass is 10.00. The van der Waals surface area contributed by atoms with Crippen LogP contribution in [0.1, 0.15) is 25.8 Å². The highest BCUT2D eigenvalue weighted by Crippen LogP contribution is 2.13. The van der Waals surface area contributed by atoms with Gasteiger partial charge >= 0.3 is 0 Å². The van der Waals surface area contributed by atoms with Crippen LogP contribution < -0.4 is 5.73 Å². The van der Waals surface area contributed by atoms with E-state index >= 15 is 0 Å². The molecule has 0 bridgehead atoms. The van der Waals surface area contributed by atoms with Gasteiger partial charge in [0.15, 0.2) is 0 Å². The molecule has 2 nitrogen and oxygen atoms in total. The summed E-state index contributed by atoms with van der Waals surface area (Å²) in [4.78, 5) is 2.29. The van der Waals surface area contributed by atoms with Gasteiger partial charge in [-0.15, -0.1) is 0 Å². The average Bonchev–Trinajstić information content (AvgIpc) is 2.30. The Morgan fingerprint density at radius 1 is 1.29 bits per heavy atom. The number of likely N-dealkylation sites (N-methyl/N-ethyl adjacent to an activating group) is 1. The van der Waals surface area contributed by atoms with E-state index in [4.69, 9.17) is 5.73 Å². The normalized spacial score (nSPS) is 14.9. The minimum Gasteiger partial charge on any atom is -0.326 e. The Hall–Kier alpha value is -0.380. The van der Waals surface area contributed by atoms with Crippen molar-refractivity contribution in [2.24, 2.45) is 11.7 Å². The van der Waals surface area contributed by atoms with Gasteiger partial charge in [-0.25, -0.2) is 0 Å². The second kappa shape index (κ2) is 7.14. The van der Waals surface area contributed by atoms with Crippen LogP contribution >= 0.6 is 15.9 Å². The molecule has 2 atom stereocenters. The predicted octanol–water partition coefficient (Wildman–Crippen LogP) is 3.25. The van der Waals surface area contributed by atoms with Gasteiger partial charge in [0.1, 0.15) is 0 Å². The summed E-state index contributed by atoms with van der Waals surface area (Å²) in [6, 6.07) is 8.72. The Morgan fingerprint density at radius 3 is 2.41 bits per heavy atom. The number of halogens is 1. The highest BCUT2D eigenvalue weighted by molar-refractivity contribution is 9.10. The van der Waals surface area contributed by atoms with Gasteiger partial charge in [-0.05, 0) is 30.7 Å². The van der Waals surface area contributed by atoms with Crippen molar-refractivity contribution in [2.75, 3.05) is 13.6 Å². The zero-order valence-corrected chi connectivity index (χ0v) is 12.6. The van der Waals surface area contributed by atoms with Gasteiger partial charge in [-0.3, -0.25) is 0 Å². The Morgan fingerprint density at radius 2 is 1.88 bits per heavy atom. The predicted molar refractivity (Wildman–Crippen MR) is 77.9 cm³/mol. The molecule has 96 valence electrons. The van der Waals surface area contributed by atoms with Gasteiger partial charge < -0.3 is 10.6 Å². The van der Waals surface area contributed by atoms with Crippen molar-refractivity contribution in [1.29, 1.82) is 0 Å². The van der Waals surface area contributed by atoms with E-state index < -0.39 is 0 Å². The maximum atomic E-state index is 6.16. The molecule has 0 amide bonds. The molecule has 0 aromatic heterocycles. The number of rotatable bonds is 6. The highest BCUT2D eigenvalue weighted by atomic mass is 79.9. The Labute approximate surface area is 113 Å². The Bertz CT molecular complexity index is 323. The summed E-state index contributed by atoms with van der Waals surface area (Å²) < 4.78 is 1.13. The molecule has 0 aliphatic heterocycles. The molecule has 0 saturated heterocycles. The lowest BCUT2D eigenvalue weighted by Gasteiger charge is -2.25. The largest absolute Gasteiger partial charge is 0.326 e. The van der Waals surface area contributed by atoms with Crippen LogP contribution in [0.5, 0.6) is 0 Å². The van der Waals surface area contributed by atoms with Gasteiger partial charge in [-0.1, -0.05) is 48.3 Å². The molecular weight excluding hydrogens is 276 g/mol. The first-order valence-corrected chi connectivity index (χ1v) is 7.00. The second-order valence-electron chi connectivity index (χ2n) is 4.87. The first-order valence-electron chi connectivity index (χ1n) is 6.21. The molecule has 0 radical (unpaired) electrons.